The van der Waals surface area contributed by atoms with Crippen molar-refractivity contribution in [3.63, 3.8) is 0 Å². The molecule has 0 radical (unpaired) electrons. The van der Waals surface area contributed by atoms with E-state index < -0.39 is 0 Å². The number of amides is 1. The van der Waals surface area contributed by atoms with Gasteiger partial charge in [-0.2, -0.15) is 4.80 Å². The molecule has 3 heterocycles. The zero-order valence-electron chi connectivity index (χ0n) is 12.3. The Hall–Kier alpha value is -2.18. The summed E-state index contributed by atoms with van der Waals surface area (Å²) in [6, 6.07) is 4.07. The first-order valence-corrected chi connectivity index (χ1v) is 7.28. The van der Waals surface area contributed by atoms with Crippen LogP contribution in [0.25, 0.3) is 11.6 Å². The molecule has 21 heavy (non-hydrogen) atoms. The third-order valence-electron chi connectivity index (χ3n) is 3.95. The molecule has 0 N–H and O–H groups in total. The van der Waals surface area contributed by atoms with Gasteiger partial charge in [0.05, 0.1) is 6.26 Å². The van der Waals surface area contributed by atoms with Crippen LogP contribution in [0.15, 0.2) is 22.8 Å². The summed E-state index contributed by atoms with van der Waals surface area (Å²) >= 11 is 0. The third kappa shape index (κ3) is 2.81. The lowest BCUT2D eigenvalue weighted by atomic mass is 9.97. The van der Waals surface area contributed by atoms with Crippen molar-refractivity contribution in [2.75, 3.05) is 0 Å². The van der Waals surface area contributed by atoms with Crippen LogP contribution in [0.1, 0.15) is 33.1 Å². The molecule has 0 saturated carbocycles. The minimum Gasteiger partial charge on any atom is -0.461 e. The second kappa shape index (κ2) is 5.67. The molecule has 2 aromatic rings. The monoisotopic (exact) mass is 289 g/mol. The van der Waals surface area contributed by atoms with Gasteiger partial charge in [0, 0.05) is 12.1 Å². The van der Waals surface area contributed by atoms with Crippen molar-refractivity contribution < 1.29 is 9.21 Å². The van der Waals surface area contributed by atoms with Gasteiger partial charge in [0.1, 0.15) is 6.54 Å². The van der Waals surface area contributed by atoms with Crippen LogP contribution in [0.5, 0.6) is 0 Å². The van der Waals surface area contributed by atoms with Gasteiger partial charge >= 0.3 is 0 Å². The summed E-state index contributed by atoms with van der Waals surface area (Å²) in [7, 11) is 0. The SMILES string of the molecule is C[C@H]1CCC[C@H](C)N1C(=O)Cn1nnc(-c2ccco2)n1. The normalized spacial score (nSPS) is 22.5. The molecular formula is C14H19N5O2. The molecule has 1 aliphatic heterocycles. The lowest BCUT2D eigenvalue weighted by molar-refractivity contribution is -0.138. The standard InChI is InChI=1S/C14H19N5O2/c1-10-5-3-6-11(2)19(10)13(20)9-18-16-14(15-17-18)12-7-4-8-21-12/h4,7-8,10-11H,3,5-6,9H2,1-2H3/t10-,11-/m0/s1. The first-order chi connectivity index (χ1) is 10.1. The summed E-state index contributed by atoms with van der Waals surface area (Å²) in [5, 5.41) is 12.0. The maximum Gasteiger partial charge on any atom is 0.246 e. The number of nitrogens with zero attached hydrogens (tertiary/aromatic N) is 5. The van der Waals surface area contributed by atoms with Gasteiger partial charge in [-0.3, -0.25) is 4.79 Å². The Bertz CT molecular complexity index is 597. The average molecular weight is 289 g/mol. The fourth-order valence-electron chi connectivity index (χ4n) is 2.93. The fourth-order valence-corrected chi connectivity index (χ4v) is 2.93. The zero-order valence-corrected chi connectivity index (χ0v) is 12.3. The van der Waals surface area contributed by atoms with E-state index in [1.807, 2.05) is 4.90 Å². The van der Waals surface area contributed by atoms with Crippen LogP contribution in [0.2, 0.25) is 0 Å². The van der Waals surface area contributed by atoms with Crippen molar-refractivity contribution in [3.05, 3.63) is 18.4 Å². The van der Waals surface area contributed by atoms with Crippen molar-refractivity contribution in [3.8, 4) is 11.6 Å². The number of piperidine rings is 1. The Morgan fingerprint density at radius 3 is 2.81 bits per heavy atom. The predicted molar refractivity (Wildman–Crippen MR) is 75.1 cm³/mol. The number of carbonyl (C=O) groups excluding carboxylic acids is 1. The second-order valence-corrected chi connectivity index (χ2v) is 5.55. The van der Waals surface area contributed by atoms with Crippen LogP contribution in [-0.2, 0) is 11.3 Å². The van der Waals surface area contributed by atoms with Gasteiger partial charge < -0.3 is 9.32 Å². The first-order valence-electron chi connectivity index (χ1n) is 7.28. The summed E-state index contributed by atoms with van der Waals surface area (Å²) in [6.45, 7) is 4.30. The lowest BCUT2D eigenvalue weighted by Crippen LogP contribution is -2.48. The van der Waals surface area contributed by atoms with Gasteiger partial charge in [0.25, 0.3) is 0 Å². The molecule has 7 nitrogen and oxygen atoms in total. The van der Waals surface area contributed by atoms with Crippen LogP contribution in [0.4, 0.5) is 0 Å². The average Bonchev–Trinajstić information content (AvgIpc) is 3.08. The van der Waals surface area contributed by atoms with Crippen LogP contribution in [0, 0.1) is 0 Å². The molecular weight excluding hydrogens is 270 g/mol. The summed E-state index contributed by atoms with van der Waals surface area (Å²) in [5.41, 5.74) is 0. The molecule has 2 atom stereocenters. The Balaban J connectivity index is 1.70. The fraction of sp³-hybridized carbons (Fsp3) is 0.571. The molecule has 0 aromatic carbocycles. The minimum absolute atomic E-state index is 0.0399. The van der Waals surface area contributed by atoms with Gasteiger partial charge in [-0.05, 0) is 50.5 Å². The summed E-state index contributed by atoms with van der Waals surface area (Å²) in [5.74, 6) is 0.985. The topological polar surface area (TPSA) is 77.0 Å². The van der Waals surface area contributed by atoms with E-state index in [0.29, 0.717) is 11.6 Å². The highest BCUT2D eigenvalue weighted by Crippen LogP contribution is 2.22. The Morgan fingerprint density at radius 2 is 2.14 bits per heavy atom. The van der Waals surface area contributed by atoms with Crippen molar-refractivity contribution in [2.24, 2.45) is 0 Å². The van der Waals surface area contributed by atoms with Crippen LogP contribution >= 0.6 is 0 Å². The molecule has 3 rings (SSSR count). The summed E-state index contributed by atoms with van der Waals surface area (Å²) in [4.78, 5) is 15.7. The zero-order chi connectivity index (χ0) is 14.8. The molecule has 1 fully saturated rings. The Labute approximate surface area is 122 Å². The molecule has 112 valence electrons. The van der Waals surface area contributed by atoms with E-state index in [1.165, 1.54) is 11.2 Å². The van der Waals surface area contributed by atoms with E-state index in [2.05, 4.69) is 29.3 Å². The van der Waals surface area contributed by atoms with E-state index in [4.69, 9.17) is 4.42 Å². The number of carbonyl (C=O) groups is 1. The van der Waals surface area contributed by atoms with Crippen molar-refractivity contribution in [1.29, 1.82) is 0 Å². The highest BCUT2D eigenvalue weighted by atomic mass is 16.3. The second-order valence-electron chi connectivity index (χ2n) is 5.55. The lowest BCUT2D eigenvalue weighted by Gasteiger charge is -2.38. The number of hydrogen-bond donors (Lipinski definition) is 0. The first kappa shape index (κ1) is 13.8. The van der Waals surface area contributed by atoms with Crippen LogP contribution in [-0.4, -0.2) is 43.1 Å². The number of likely N-dealkylation sites (tertiary alicyclic amines) is 1. The molecule has 7 heteroatoms. The minimum atomic E-state index is 0.0399. The largest absolute Gasteiger partial charge is 0.461 e. The molecule has 0 aliphatic carbocycles. The molecule has 2 aromatic heterocycles. The number of rotatable bonds is 3. The highest BCUT2D eigenvalue weighted by Gasteiger charge is 2.29. The van der Waals surface area contributed by atoms with Crippen molar-refractivity contribution >= 4 is 5.91 Å². The number of tetrazole rings is 1. The number of aromatic nitrogens is 4. The van der Waals surface area contributed by atoms with Crippen molar-refractivity contribution in [1.82, 2.24) is 25.1 Å². The summed E-state index contributed by atoms with van der Waals surface area (Å²) < 4.78 is 5.21. The third-order valence-corrected chi connectivity index (χ3v) is 3.95. The van der Waals surface area contributed by atoms with Crippen molar-refractivity contribution in [2.45, 2.75) is 51.7 Å². The smallest absolute Gasteiger partial charge is 0.246 e. The predicted octanol–water partition coefficient (Wildman–Crippen LogP) is 1.72. The quantitative estimate of drug-likeness (QED) is 0.860. The van der Waals surface area contributed by atoms with Gasteiger partial charge in [0.15, 0.2) is 5.76 Å². The van der Waals surface area contributed by atoms with E-state index in [1.54, 1.807) is 18.4 Å². The van der Waals surface area contributed by atoms with Gasteiger partial charge in [-0.25, -0.2) is 0 Å². The molecule has 1 aliphatic rings. The maximum absolute atomic E-state index is 12.5. The van der Waals surface area contributed by atoms with E-state index in [-0.39, 0.29) is 24.5 Å². The van der Waals surface area contributed by atoms with Gasteiger partial charge in [-0.1, -0.05) is 0 Å². The highest BCUT2D eigenvalue weighted by molar-refractivity contribution is 5.76. The Kier molecular flexibility index (Phi) is 3.72. The van der Waals surface area contributed by atoms with E-state index >= 15 is 0 Å². The molecule has 0 unspecified atom stereocenters. The van der Waals surface area contributed by atoms with Crippen LogP contribution < -0.4 is 0 Å². The summed E-state index contributed by atoms with van der Waals surface area (Å²) in [6.07, 6.45) is 4.84. The van der Waals surface area contributed by atoms with Gasteiger partial charge in [0.2, 0.25) is 11.7 Å². The van der Waals surface area contributed by atoms with E-state index in [0.717, 1.165) is 12.8 Å². The molecule has 1 amide bonds. The maximum atomic E-state index is 12.5. The molecule has 1 saturated heterocycles. The Morgan fingerprint density at radius 1 is 1.38 bits per heavy atom. The van der Waals surface area contributed by atoms with Gasteiger partial charge in [-0.15, -0.1) is 10.2 Å². The molecule has 0 spiro atoms. The number of furan rings is 1. The number of hydrogen-bond acceptors (Lipinski definition) is 5. The van der Waals surface area contributed by atoms with Crippen LogP contribution in [0.3, 0.4) is 0 Å². The van der Waals surface area contributed by atoms with E-state index in [9.17, 15) is 4.79 Å². The molecule has 0 bridgehead atoms.